The molecule has 0 radical (unpaired) electrons. The molecule has 0 saturated heterocycles. The molecule has 1 atom stereocenters. The predicted molar refractivity (Wildman–Crippen MR) is 86.4 cm³/mol. The predicted octanol–water partition coefficient (Wildman–Crippen LogP) is 3.59. The number of carbonyl (C=O) groups is 1. The van der Waals surface area contributed by atoms with Crippen LogP contribution in [0, 0.1) is 0 Å². The summed E-state index contributed by atoms with van der Waals surface area (Å²) < 4.78 is 0. The summed E-state index contributed by atoms with van der Waals surface area (Å²) in [5.74, 6) is 0.305. The summed E-state index contributed by atoms with van der Waals surface area (Å²) in [5.41, 5.74) is 2.48. The Morgan fingerprint density at radius 2 is 1.95 bits per heavy atom. The fourth-order valence-electron chi connectivity index (χ4n) is 3.81. The molecule has 1 aliphatic heterocycles. The standard InChI is InChI=1S/C18H26N2O/c1-2-20(15-9-4-3-5-10-15)18(21)17-13-12-14-8-6-7-11-16(14)19-17/h6-8,11,15,17,19H,2-5,9-10,12-13H2,1H3. The summed E-state index contributed by atoms with van der Waals surface area (Å²) >= 11 is 0. The number of benzene rings is 1. The summed E-state index contributed by atoms with van der Waals surface area (Å²) in [4.78, 5) is 15.0. The first-order valence-electron chi connectivity index (χ1n) is 8.44. The van der Waals surface area contributed by atoms with Crippen LogP contribution >= 0.6 is 0 Å². The third-order valence-electron chi connectivity index (χ3n) is 4.99. The van der Waals surface area contributed by atoms with Crippen molar-refractivity contribution < 1.29 is 4.79 Å². The van der Waals surface area contributed by atoms with Gasteiger partial charge in [-0.1, -0.05) is 37.5 Å². The molecule has 0 spiro atoms. The molecule has 1 N–H and O–H groups in total. The molecule has 1 amide bonds. The molecule has 1 unspecified atom stereocenters. The average Bonchev–Trinajstić information content (AvgIpc) is 2.56. The summed E-state index contributed by atoms with van der Waals surface area (Å²) in [6.07, 6.45) is 8.16. The first-order valence-corrected chi connectivity index (χ1v) is 8.44. The quantitative estimate of drug-likeness (QED) is 0.921. The fraction of sp³-hybridized carbons (Fsp3) is 0.611. The molecular formula is C18H26N2O. The van der Waals surface area contributed by atoms with E-state index in [1.807, 2.05) is 6.07 Å². The van der Waals surface area contributed by atoms with Gasteiger partial charge in [0, 0.05) is 18.3 Å². The van der Waals surface area contributed by atoms with Gasteiger partial charge >= 0.3 is 0 Å². The zero-order valence-electron chi connectivity index (χ0n) is 13.0. The van der Waals surface area contributed by atoms with Crippen molar-refractivity contribution in [2.45, 2.75) is 64.0 Å². The monoisotopic (exact) mass is 286 g/mol. The molecule has 1 aliphatic carbocycles. The molecule has 21 heavy (non-hydrogen) atoms. The number of hydrogen-bond donors (Lipinski definition) is 1. The Bertz CT molecular complexity index is 494. The number of aryl methyl sites for hydroxylation is 1. The highest BCUT2D eigenvalue weighted by molar-refractivity contribution is 5.86. The highest BCUT2D eigenvalue weighted by Gasteiger charge is 2.31. The normalized spacial score (nSPS) is 22.2. The lowest BCUT2D eigenvalue weighted by Crippen LogP contribution is -2.49. The molecule has 3 nitrogen and oxygen atoms in total. The minimum absolute atomic E-state index is 0.0400. The third-order valence-corrected chi connectivity index (χ3v) is 4.99. The zero-order valence-corrected chi connectivity index (χ0v) is 13.0. The van der Waals surface area contributed by atoms with Gasteiger partial charge < -0.3 is 10.2 Å². The molecule has 1 saturated carbocycles. The molecule has 1 fully saturated rings. The zero-order chi connectivity index (χ0) is 14.7. The lowest BCUT2D eigenvalue weighted by molar-refractivity contribution is -0.135. The van der Waals surface area contributed by atoms with Gasteiger partial charge in [-0.25, -0.2) is 0 Å². The van der Waals surface area contributed by atoms with Crippen LogP contribution in [-0.2, 0) is 11.2 Å². The second-order valence-electron chi connectivity index (χ2n) is 6.31. The minimum Gasteiger partial charge on any atom is -0.373 e. The van der Waals surface area contributed by atoms with E-state index in [0.29, 0.717) is 11.9 Å². The minimum atomic E-state index is -0.0400. The van der Waals surface area contributed by atoms with E-state index < -0.39 is 0 Å². The van der Waals surface area contributed by atoms with Gasteiger partial charge in [-0.05, 0) is 44.2 Å². The third kappa shape index (κ3) is 3.07. The maximum Gasteiger partial charge on any atom is 0.245 e. The number of fused-ring (bicyclic) bond motifs is 1. The van der Waals surface area contributed by atoms with E-state index in [-0.39, 0.29) is 6.04 Å². The van der Waals surface area contributed by atoms with Crippen LogP contribution in [0.15, 0.2) is 24.3 Å². The van der Waals surface area contributed by atoms with Crippen LogP contribution in [0.25, 0.3) is 0 Å². The molecule has 3 rings (SSSR count). The maximum absolute atomic E-state index is 12.9. The Labute approximate surface area is 127 Å². The number of hydrogen-bond acceptors (Lipinski definition) is 2. The van der Waals surface area contributed by atoms with Crippen LogP contribution in [0.3, 0.4) is 0 Å². The van der Waals surface area contributed by atoms with Crippen molar-refractivity contribution in [2.24, 2.45) is 0 Å². The number of nitrogens with one attached hydrogen (secondary N) is 1. The van der Waals surface area contributed by atoms with E-state index >= 15 is 0 Å². The van der Waals surface area contributed by atoms with E-state index in [1.165, 1.54) is 37.7 Å². The molecule has 1 aromatic carbocycles. The highest BCUT2D eigenvalue weighted by atomic mass is 16.2. The molecule has 1 heterocycles. The molecule has 114 valence electrons. The number of carbonyl (C=O) groups excluding carboxylic acids is 1. The summed E-state index contributed by atoms with van der Waals surface area (Å²) in [5, 5.41) is 3.46. The van der Waals surface area contributed by atoms with E-state index in [4.69, 9.17) is 0 Å². The van der Waals surface area contributed by atoms with Gasteiger partial charge in [-0.3, -0.25) is 4.79 Å². The van der Waals surface area contributed by atoms with Crippen LogP contribution in [-0.4, -0.2) is 29.4 Å². The number of anilines is 1. The molecular weight excluding hydrogens is 260 g/mol. The van der Waals surface area contributed by atoms with Gasteiger partial charge in [-0.15, -0.1) is 0 Å². The highest BCUT2D eigenvalue weighted by Crippen LogP contribution is 2.27. The van der Waals surface area contributed by atoms with E-state index in [0.717, 1.165) is 25.1 Å². The van der Waals surface area contributed by atoms with Crippen molar-refractivity contribution in [1.82, 2.24) is 4.90 Å². The SMILES string of the molecule is CCN(C(=O)C1CCc2ccccc2N1)C1CCCCC1. The lowest BCUT2D eigenvalue weighted by atomic mass is 9.92. The Morgan fingerprint density at radius 3 is 2.71 bits per heavy atom. The largest absolute Gasteiger partial charge is 0.373 e. The number of para-hydroxylation sites is 1. The summed E-state index contributed by atoms with van der Waals surface area (Å²) in [7, 11) is 0. The van der Waals surface area contributed by atoms with Crippen LogP contribution in [0.5, 0.6) is 0 Å². The Balaban J connectivity index is 1.69. The van der Waals surface area contributed by atoms with Crippen molar-refractivity contribution >= 4 is 11.6 Å². The van der Waals surface area contributed by atoms with Crippen molar-refractivity contribution in [3.8, 4) is 0 Å². The van der Waals surface area contributed by atoms with Gasteiger partial charge in [0.05, 0.1) is 0 Å². The molecule has 1 aromatic rings. The second kappa shape index (κ2) is 6.50. The fourth-order valence-corrected chi connectivity index (χ4v) is 3.81. The molecule has 0 aromatic heterocycles. The van der Waals surface area contributed by atoms with Crippen molar-refractivity contribution in [3.63, 3.8) is 0 Å². The van der Waals surface area contributed by atoms with Gasteiger partial charge in [0.25, 0.3) is 0 Å². The van der Waals surface area contributed by atoms with Crippen LogP contribution < -0.4 is 5.32 Å². The first kappa shape index (κ1) is 14.4. The summed E-state index contributed by atoms with van der Waals surface area (Å²) in [6, 6.07) is 8.78. The topological polar surface area (TPSA) is 32.3 Å². The molecule has 0 bridgehead atoms. The van der Waals surface area contributed by atoms with Gasteiger partial charge in [0.1, 0.15) is 6.04 Å². The lowest BCUT2D eigenvalue weighted by Gasteiger charge is -2.37. The van der Waals surface area contributed by atoms with Crippen molar-refractivity contribution in [3.05, 3.63) is 29.8 Å². The van der Waals surface area contributed by atoms with Crippen molar-refractivity contribution in [2.75, 3.05) is 11.9 Å². The van der Waals surface area contributed by atoms with E-state index in [1.54, 1.807) is 0 Å². The van der Waals surface area contributed by atoms with Crippen LogP contribution in [0.1, 0.15) is 51.0 Å². The van der Waals surface area contributed by atoms with Crippen LogP contribution in [0.4, 0.5) is 5.69 Å². The van der Waals surface area contributed by atoms with Crippen molar-refractivity contribution in [1.29, 1.82) is 0 Å². The van der Waals surface area contributed by atoms with Gasteiger partial charge in [0.2, 0.25) is 5.91 Å². The Kier molecular flexibility index (Phi) is 4.47. The molecule has 2 aliphatic rings. The Morgan fingerprint density at radius 1 is 1.19 bits per heavy atom. The molecule has 3 heteroatoms. The first-order chi connectivity index (χ1) is 10.3. The van der Waals surface area contributed by atoms with E-state index in [2.05, 4.69) is 35.3 Å². The van der Waals surface area contributed by atoms with Gasteiger partial charge in [-0.2, -0.15) is 0 Å². The van der Waals surface area contributed by atoms with Crippen LogP contribution in [0.2, 0.25) is 0 Å². The number of amides is 1. The number of likely N-dealkylation sites (N-methyl/N-ethyl adjacent to an activating group) is 1. The number of nitrogens with zero attached hydrogens (tertiary/aromatic N) is 1. The maximum atomic E-state index is 12.9. The average molecular weight is 286 g/mol. The van der Waals surface area contributed by atoms with Gasteiger partial charge in [0.15, 0.2) is 0 Å². The second-order valence-corrected chi connectivity index (χ2v) is 6.31. The Hall–Kier alpha value is -1.51. The smallest absolute Gasteiger partial charge is 0.245 e. The summed E-state index contributed by atoms with van der Waals surface area (Å²) in [6.45, 7) is 2.95. The van der Waals surface area contributed by atoms with E-state index in [9.17, 15) is 4.79 Å². The number of rotatable bonds is 3.